The lowest BCUT2D eigenvalue weighted by Gasteiger charge is -2.63. The fourth-order valence-electron chi connectivity index (χ4n) is 11.0. The highest BCUT2D eigenvalue weighted by molar-refractivity contribution is 7.90. The molecule has 0 saturated heterocycles. The Labute approximate surface area is 259 Å². The van der Waals surface area contributed by atoms with Crippen LogP contribution in [0.3, 0.4) is 0 Å². The standard InChI is InChI=1S/C36H51N3O3S/c1-5-25-22-27-30-15-14-28(36(30,4)20-18-31(27)35(3)19-8-6-10-29(25)35)24(2)12-17-34(40)39-43(41,42)26-13-16-33(38-23-26)32-11-7-9-21-37-32/h7,9,11,13,16,21,23-25,27-31H,5-6,8,10,12,14-15,17-20,22H2,1-4H3,(H,39,40)/t24-,25+,27?,28-,29+,30?,31?,35+,36-/m1/s1. The molecule has 234 valence electrons. The highest BCUT2D eigenvalue weighted by Gasteiger charge is 2.61. The summed E-state index contributed by atoms with van der Waals surface area (Å²) in [4.78, 5) is 21.4. The highest BCUT2D eigenvalue weighted by Crippen LogP contribution is 2.69. The van der Waals surface area contributed by atoms with E-state index >= 15 is 0 Å². The van der Waals surface area contributed by atoms with Crippen molar-refractivity contribution in [2.45, 2.75) is 110 Å². The number of amides is 1. The minimum absolute atomic E-state index is 0.0109. The summed E-state index contributed by atoms with van der Waals surface area (Å²) in [7, 11) is -3.98. The van der Waals surface area contributed by atoms with Crippen LogP contribution in [0, 0.1) is 52.3 Å². The van der Waals surface area contributed by atoms with E-state index in [0.717, 1.165) is 36.0 Å². The molecule has 0 aliphatic heterocycles. The van der Waals surface area contributed by atoms with Crippen molar-refractivity contribution in [3.05, 3.63) is 42.7 Å². The minimum Gasteiger partial charge on any atom is -0.274 e. The van der Waals surface area contributed by atoms with Gasteiger partial charge in [0, 0.05) is 18.8 Å². The van der Waals surface area contributed by atoms with E-state index in [1.54, 1.807) is 12.3 Å². The topological polar surface area (TPSA) is 89.0 Å². The first-order valence-corrected chi connectivity index (χ1v) is 18.5. The van der Waals surface area contributed by atoms with E-state index in [4.69, 9.17) is 0 Å². The molecule has 2 aromatic heterocycles. The first-order valence-electron chi connectivity index (χ1n) is 17.0. The predicted octanol–water partition coefficient (Wildman–Crippen LogP) is 8.05. The van der Waals surface area contributed by atoms with Crippen molar-refractivity contribution in [1.82, 2.24) is 14.7 Å². The first-order chi connectivity index (χ1) is 20.6. The Bertz CT molecular complexity index is 1400. The van der Waals surface area contributed by atoms with E-state index in [9.17, 15) is 13.2 Å². The average Bonchev–Trinajstić information content (AvgIpc) is 3.37. The van der Waals surface area contributed by atoms with Crippen LogP contribution in [0.4, 0.5) is 0 Å². The molecule has 1 amide bonds. The Hall–Kier alpha value is -2.28. The molecule has 43 heavy (non-hydrogen) atoms. The molecule has 4 aliphatic carbocycles. The molecule has 2 aromatic rings. The second-order valence-corrected chi connectivity index (χ2v) is 16.7. The van der Waals surface area contributed by atoms with Gasteiger partial charge in [-0.15, -0.1) is 0 Å². The monoisotopic (exact) mass is 605 g/mol. The Morgan fingerprint density at radius 2 is 1.74 bits per heavy atom. The second kappa shape index (κ2) is 11.9. The fourth-order valence-corrected chi connectivity index (χ4v) is 12.0. The van der Waals surface area contributed by atoms with Crippen molar-refractivity contribution in [3.63, 3.8) is 0 Å². The van der Waals surface area contributed by atoms with Crippen LogP contribution in [0.15, 0.2) is 47.6 Å². The van der Waals surface area contributed by atoms with Gasteiger partial charge in [-0.25, -0.2) is 13.1 Å². The quantitative estimate of drug-likeness (QED) is 0.329. The third-order valence-corrected chi connectivity index (χ3v) is 14.4. The first kappa shape index (κ1) is 30.7. The third-order valence-electron chi connectivity index (χ3n) is 13.1. The van der Waals surface area contributed by atoms with E-state index in [-0.39, 0.29) is 11.3 Å². The van der Waals surface area contributed by atoms with Gasteiger partial charge in [0.25, 0.3) is 10.0 Å². The van der Waals surface area contributed by atoms with Gasteiger partial charge in [0.2, 0.25) is 5.91 Å². The molecule has 4 aliphatic rings. The van der Waals surface area contributed by atoms with Crippen LogP contribution in [-0.2, 0) is 14.8 Å². The van der Waals surface area contributed by atoms with Gasteiger partial charge in [-0.1, -0.05) is 53.0 Å². The van der Waals surface area contributed by atoms with E-state index in [1.807, 2.05) is 18.2 Å². The molecular formula is C36H51N3O3S. The van der Waals surface area contributed by atoms with Crippen molar-refractivity contribution < 1.29 is 13.2 Å². The lowest BCUT2D eigenvalue weighted by atomic mass is 9.42. The number of nitrogens with zero attached hydrogens (tertiary/aromatic N) is 2. The number of carbonyl (C=O) groups excluding carboxylic acids is 1. The lowest BCUT2D eigenvalue weighted by Crippen LogP contribution is -2.55. The number of rotatable bonds is 8. The number of sulfonamides is 1. The SMILES string of the molecule is CC[C@H]1CC2C3CC[C@H]([C@H](C)CCC(=O)NS(=O)(=O)c4ccc(-c5ccccn5)nc4)[C@@]3(C)CCC2[C@@]2(C)CCCC[C@@H]12. The maximum absolute atomic E-state index is 13.0. The number of hydrogen-bond acceptors (Lipinski definition) is 5. The summed E-state index contributed by atoms with van der Waals surface area (Å²) in [5.41, 5.74) is 2.12. The van der Waals surface area contributed by atoms with Gasteiger partial charge in [-0.3, -0.25) is 14.8 Å². The van der Waals surface area contributed by atoms with Crippen LogP contribution >= 0.6 is 0 Å². The average molecular weight is 606 g/mol. The number of carbonyl (C=O) groups is 1. The zero-order valence-corrected chi connectivity index (χ0v) is 27.4. The van der Waals surface area contributed by atoms with Crippen molar-refractivity contribution in [1.29, 1.82) is 0 Å². The van der Waals surface area contributed by atoms with Gasteiger partial charge in [0.15, 0.2) is 0 Å². The third kappa shape index (κ3) is 5.57. The van der Waals surface area contributed by atoms with Crippen molar-refractivity contribution in [2.75, 3.05) is 0 Å². The van der Waals surface area contributed by atoms with Gasteiger partial charge >= 0.3 is 0 Å². The summed E-state index contributed by atoms with van der Waals surface area (Å²) in [6, 6.07) is 8.60. The number of nitrogens with one attached hydrogen (secondary N) is 1. The summed E-state index contributed by atoms with van der Waals surface area (Å²) in [5.74, 6) is 4.91. The zero-order chi connectivity index (χ0) is 30.4. The van der Waals surface area contributed by atoms with Gasteiger partial charge in [-0.05, 0) is 128 Å². The van der Waals surface area contributed by atoms with Crippen molar-refractivity contribution in [3.8, 4) is 11.4 Å². The van der Waals surface area contributed by atoms with Gasteiger partial charge in [0.1, 0.15) is 4.90 Å². The predicted molar refractivity (Wildman–Crippen MR) is 170 cm³/mol. The van der Waals surface area contributed by atoms with Crippen LogP contribution in [-0.4, -0.2) is 24.3 Å². The summed E-state index contributed by atoms with van der Waals surface area (Å²) < 4.78 is 28.2. The number of fused-ring (bicyclic) bond motifs is 5. The zero-order valence-electron chi connectivity index (χ0n) is 26.6. The van der Waals surface area contributed by atoms with Gasteiger partial charge < -0.3 is 0 Å². The molecule has 3 unspecified atom stereocenters. The molecule has 0 bridgehead atoms. The van der Waals surface area contributed by atoms with Gasteiger partial charge in [-0.2, -0.15) is 0 Å². The molecule has 9 atom stereocenters. The summed E-state index contributed by atoms with van der Waals surface area (Å²) >= 11 is 0. The number of hydrogen-bond donors (Lipinski definition) is 1. The van der Waals surface area contributed by atoms with Crippen LogP contribution in [0.2, 0.25) is 0 Å². The van der Waals surface area contributed by atoms with Crippen molar-refractivity contribution >= 4 is 15.9 Å². The van der Waals surface area contributed by atoms with Crippen LogP contribution < -0.4 is 4.72 Å². The molecule has 0 spiro atoms. The summed E-state index contributed by atoms with van der Waals surface area (Å²) in [6.45, 7) is 9.98. The summed E-state index contributed by atoms with van der Waals surface area (Å²) in [6.07, 6.45) is 17.6. The van der Waals surface area contributed by atoms with E-state index in [2.05, 4.69) is 42.4 Å². The Morgan fingerprint density at radius 3 is 2.47 bits per heavy atom. The molecule has 1 N–H and O–H groups in total. The van der Waals surface area contributed by atoms with E-state index < -0.39 is 15.9 Å². The summed E-state index contributed by atoms with van der Waals surface area (Å²) in [5, 5.41) is 0. The Balaban J connectivity index is 1.07. The van der Waals surface area contributed by atoms with E-state index in [1.165, 1.54) is 76.5 Å². The number of aromatic nitrogens is 2. The maximum Gasteiger partial charge on any atom is 0.265 e. The fraction of sp³-hybridized carbons (Fsp3) is 0.694. The van der Waals surface area contributed by atoms with Crippen LogP contribution in [0.1, 0.15) is 105 Å². The molecule has 7 heteroatoms. The largest absolute Gasteiger partial charge is 0.274 e. The minimum atomic E-state index is -3.98. The molecule has 0 aromatic carbocycles. The Morgan fingerprint density at radius 1 is 0.953 bits per heavy atom. The van der Waals surface area contributed by atoms with Crippen molar-refractivity contribution in [2.24, 2.45) is 52.3 Å². The van der Waals surface area contributed by atoms with Crippen LogP contribution in [0.5, 0.6) is 0 Å². The second-order valence-electron chi connectivity index (χ2n) is 15.0. The molecule has 2 heterocycles. The molecule has 0 radical (unpaired) electrons. The maximum atomic E-state index is 13.0. The molecule has 4 fully saturated rings. The molecular weight excluding hydrogens is 554 g/mol. The molecule has 6 rings (SSSR count). The normalized spacial score (nSPS) is 36.2. The lowest BCUT2D eigenvalue weighted by molar-refractivity contribution is -0.138. The van der Waals surface area contributed by atoms with Crippen LogP contribution in [0.25, 0.3) is 11.4 Å². The van der Waals surface area contributed by atoms with E-state index in [0.29, 0.717) is 34.1 Å². The molecule has 6 nitrogen and oxygen atoms in total. The highest BCUT2D eigenvalue weighted by atomic mass is 32.2. The molecule has 4 saturated carbocycles. The van der Waals surface area contributed by atoms with Gasteiger partial charge in [0.05, 0.1) is 11.4 Å². The Kier molecular flexibility index (Phi) is 8.51. The number of pyridine rings is 2. The smallest absolute Gasteiger partial charge is 0.265 e.